The number of ether oxygens (including phenoxy) is 1. The number of fused-ring (bicyclic) bond motifs is 1. The molecule has 106 valence electrons. The average molecular weight is 271 g/mol. The lowest BCUT2D eigenvalue weighted by atomic mass is 10.0. The minimum atomic E-state index is 0.515. The Morgan fingerprint density at radius 1 is 1.35 bits per heavy atom. The van der Waals surface area contributed by atoms with E-state index < -0.39 is 0 Å². The van der Waals surface area contributed by atoms with E-state index in [2.05, 4.69) is 16.9 Å². The number of benzene rings is 1. The van der Waals surface area contributed by atoms with Crippen LogP contribution in [0.5, 0.6) is 5.75 Å². The SMILES string of the molecule is CN1CCCCC1COc1ccnc2cc(N)ccc12. The highest BCUT2D eigenvalue weighted by Gasteiger charge is 2.19. The highest BCUT2D eigenvalue weighted by atomic mass is 16.5. The summed E-state index contributed by atoms with van der Waals surface area (Å²) in [5.74, 6) is 0.897. The number of pyridine rings is 1. The molecule has 4 nitrogen and oxygen atoms in total. The third-order valence-corrected chi connectivity index (χ3v) is 4.08. The van der Waals surface area contributed by atoms with Gasteiger partial charge in [0.1, 0.15) is 12.4 Å². The smallest absolute Gasteiger partial charge is 0.130 e. The van der Waals surface area contributed by atoms with E-state index in [0.29, 0.717) is 6.04 Å². The second-order valence-electron chi connectivity index (χ2n) is 5.53. The first-order valence-electron chi connectivity index (χ1n) is 7.21. The Bertz CT molecular complexity index is 599. The molecule has 20 heavy (non-hydrogen) atoms. The van der Waals surface area contributed by atoms with Crippen molar-refractivity contribution in [2.45, 2.75) is 25.3 Å². The van der Waals surface area contributed by atoms with Crippen molar-refractivity contribution in [1.29, 1.82) is 0 Å². The molecule has 0 saturated carbocycles. The summed E-state index contributed by atoms with van der Waals surface area (Å²) in [6.45, 7) is 1.90. The largest absolute Gasteiger partial charge is 0.491 e. The Morgan fingerprint density at radius 2 is 2.25 bits per heavy atom. The van der Waals surface area contributed by atoms with Crippen LogP contribution in [0.15, 0.2) is 30.5 Å². The number of nitrogens with zero attached hydrogens (tertiary/aromatic N) is 2. The molecule has 2 N–H and O–H groups in total. The number of aromatic nitrogens is 1. The maximum Gasteiger partial charge on any atom is 0.130 e. The number of rotatable bonds is 3. The summed E-state index contributed by atoms with van der Waals surface area (Å²) in [6.07, 6.45) is 5.59. The molecule has 1 unspecified atom stereocenters. The normalized spacial score (nSPS) is 20.1. The van der Waals surface area contributed by atoms with Crippen molar-refractivity contribution in [3.63, 3.8) is 0 Å². The minimum Gasteiger partial charge on any atom is -0.491 e. The molecule has 2 heterocycles. The fraction of sp³-hybridized carbons (Fsp3) is 0.438. The van der Waals surface area contributed by atoms with Gasteiger partial charge in [-0.1, -0.05) is 6.42 Å². The summed E-state index contributed by atoms with van der Waals surface area (Å²) in [6, 6.07) is 8.21. The Labute approximate surface area is 119 Å². The molecule has 3 rings (SSSR count). The summed E-state index contributed by atoms with van der Waals surface area (Å²) in [4.78, 5) is 6.74. The highest BCUT2D eigenvalue weighted by Crippen LogP contribution is 2.26. The molecule has 2 aromatic rings. The van der Waals surface area contributed by atoms with Crippen LogP contribution in [-0.2, 0) is 0 Å². The average Bonchev–Trinajstić information content (AvgIpc) is 2.46. The third kappa shape index (κ3) is 2.70. The van der Waals surface area contributed by atoms with Crippen molar-refractivity contribution in [2.24, 2.45) is 0 Å². The number of likely N-dealkylation sites (N-methyl/N-ethyl adjacent to an activating group) is 1. The van der Waals surface area contributed by atoms with E-state index in [1.807, 2.05) is 24.3 Å². The van der Waals surface area contributed by atoms with Gasteiger partial charge in [0, 0.05) is 23.3 Å². The first-order valence-corrected chi connectivity index (χ1v) is 7.21. The number of piperidine rings is 1. The van der Waals surface area contributed by atoms with Crippen molar-refractivity contribution in [2.75, 3.05) is 25.9 Å². The Balaban J connectivity index is 1.77. The Hall–Kier alpha value is -1.81. The van der Waals surface area contributed by atoms with Gasteiger partial charge in [0.15, 0.2) is 0 Å². The zero-order chi connectivity index (χ0) is 13.9. The lowest BCUT2D eigenvalue weighted by Crippen LogP contribution is -2.40. The molecular formula is C16H21N3O. The van der Waals surface area contributed by atoms with Gasteiger partial charge in [-0.3, -0.25) is 4.98 Å². The van der Waals surface area contributed by atoms with Crippen molar-refractivity contribution < 1.29 is 4.74 Å². The van der Waals surface area contributed by atoms with Gasteiger partial charge in [0.05, 0.1) is 5.52 Å². The first-order chi connectivity index (χ1) is 9.74. The van der Waals surface area contributed by atoms with Gasteiger partial charge < -0.3 is 15.4 Å². The number of anilines is 1. The minimum absolute atomic E-state index is 0.515. The van der Waals surface area contributed by atoms with E-state index in [1.165, 1.54) is 25.8 Å². The molecule has 1 aromatic heterocycles. The van der Waals surface area contributed by atoms with Crippen molar-refractivity contribution in [1.82, 2.24) is 9.88 Å². The molecule has 1 aliphatic heterocycles. The van der Waals surface area contributed by atoms with Gasteiger partial charge in [-0.2, -0.15) is 0 Å². The van der Waals surface area contributed by atoms with E-state index in [0.717, 1.165) is 28.9 Å². The number of hydrogen-bond acceptors (Lipinski definition) is 4. The molecular weight excluding hydrogens is 250 g/mol. The van der Waals surface area contributed by atoms with Crippen LogP contribution in [0.25, 0.3) is 10.9 Å². The maximum absolute atomic E-state index is 6.05. The zero-order valence-corrected chi connectivity index (χ0v) is 11.9. The first kappa shape index (κ1) is 13.2. The molecule has 0 amide bonds. The van der Waals surface area contributed by atoms with E-state index in [1.54, 1.807) is 6.20 Å². The fourth-order valence-corrected chi connectivity index (χ4v) is 2.81. The second kappa shape index (κ2) is 5.67. The fourth-order valence-electron chi connectivity index (χ4n) is 2.81. The standard InChI is InChI=1S/C16H21N3O/c1-19-9-3-2-4-13(19)11-20-16-7-8-18-15-10-12(17)5-6-14(15)16/h5-8,10,13H,2-4,9,11,17H2,1H3. The van der Waals surface area contributed by atoms with Crippen molar-refractivity contribution >= 4 is 16.6 Å². The second-order valence-corrected chi connectivity index (χ2v) is 5.53. The van der Waals surface area contributed by atoms with Gasteiger partial charge in [-0.25, -0.2) is 0 Å². The van der Waals surface area contributed by atoms with Crippen LogP contribution in [0.2, 0.25) is 0 Å². The van der Waals surface area contributed by atoms with Crippen LogP contribution < -0.4 is 10.5 Å². The quantitative estimate of drug-likeness (QED) is 0.872. The number of nitrogen functional groups attached to an aromatic ring is 1. The van der Waals surface area contributed by atoms with Gasteiger partial charge >= 0.3 is 0 Å². The Kier molecular flexibility index (Phi) is 3.74. The van der Waals surface area contributed by atoms with Crippen LogP contribution in [0.3, 0.4) is 0 Å². The third-order valence-electron chi connectivity index (χ3n) is 4.08. The van der Waals surface area contributed by atoms with Gasteiger partial charge in [-0.15, -0.1) is 0 Å². The summed E-state index contributed by atoms with van der Waals surface area (Å²) >= 11 is 0. The van der Waals surface area contributed by atoms with Crippen LogP contribution in [0.4, 0.5) is 5.69 Å². The molecule has 1 saturated heterocycles. The summed E-state index contributed by atoms with van der Waals surface area (Å²) < 4.78 is 6.05. The molecule has 0 bridgehead atoms. The molecule has 1 fully saturated rings. The zero-order valence-electron chi connectivity index (χ0n) is 11.9. The molecule has 0 aliphatic carbocycles. The lowest BCUT2D eigenvalue weighted by molar-refractivity contribution is 0.126. The van der Waals surface area contributed by atoms with Gasteiger partial charge in [-0.05, 0) is 50.7 Å². The van der Waals surface area contributed by atoms with E-state index >= 15 is 0 Å². The molecule has 1 aliphatic rings. The van der Waals surface area contributed by atoms with Crippen molar-refractivity contribution in [3.8, 4) is 5.75 Å². The topological polar surface area (TPSA) is 51.4 Å². The van der Waals surface area contributed by atoms with Crippen molar-refractivity contribution in [3.05, 3.63) is 30.5 Å². The number of hydrogen-bond donors (Lipinski definition) is 1. The van der Waals surface area contributed by atoms with Crippen LogP contribution in [0, 0.1) is 0 Å². The summed E-state index contributed by atoms with van der Waals surface area (Å²) in [7, 11) is 2.18. The monoisotopic (exact) mass is 271 g/mol. The molecule has 4 heteroatoms. The van der Waals surface area contributed by atoms with E-state index in [9.17, 15) is 0 Å². The van der Waals surface area contributed by atoms with Crippen LogP contribution in [-0.4, -0.2) is 36.1 Å². The maximum atomic E-state index is 6.05. The number of nitrogens with two attached hydrogens (primary N) is 1. The molecule has 1 atom stereocenters. The van der Waals surface area contributed by atoms with E-state index in [-0.39, 0.29) is 0 Å². The Morgan fingerprint density at radius 3 is 3.10 bits per heavy atom. The van der Waals surface area contributed by atoms with Crippen LogP contribution >= 0.6 is 0 Å². The predicted molar refractivity (Wildman–Crippen MR) is 81.9 cm³/mol. The van der Waals surface area contributed by atoms with Gasteiger partial charge in [0.25, 0.3) is 0 Å². The molecule has 0 spiro atoms. The van der Waals surface area contributed by atoms with E-state index in [4.69, 9.17) is 10.5 Å². The summed E-state index contributed by atoms with van der Waals surface area (Å²) in [5.41, 5.74) is 7.41. The highest BCUT2D eigenvalue weighted by molar-refractivity contribution is 5.87. The van der Waals surface area contributed by atoms with Gasteiger partial charge in [0.2, 0.25) is 0 Å². The van der Waals surface area contributed by atoms with Crippen LogP contribution in [0.1, 0.15) is 19.3 Å². The summed E-state index contributed by atoms with van der Waals surface area (Å²) in [5, 5.41) is 1.03. The molecule has 0 radical (unpaired) electrons. The predicted octanol–water partition coefficient (Wildman–Crippen LogP) is 2.68. The molecule has 1 aromatic carbocycles. The number of likely N-dealkylation sites (tertiary alicyclic amines) is 1. The lowest BCUT2D eigenvalue weighted by Gasteiger charge is -2.32.